The van der Waals surface area contributed by atoms with E-state index < -0.39 is 5.92 Å². The summed E-state index contributed by atoms with van der Waals surface area (Å²) in [4.78, 5) is 0. The fourth-order valence-corrected chi connectivity index (χ4v) is 0.512. The number of alkyl halides is 2. The summed E-state index contributed by atoms with van der Waals surface area (Å²) >= 11 is 0. The third-order valence-corrected chi connectivity index (χ3v) is 0.947. The van der Waals surface area contributed by atoms with Crippen LogP contribution in [0.25, 0.3) is 0 Å². The molecule has 0 radical (unpaired) electrons. The Morgan fingerprint density at radius 1 is 1.50 bits per heavy atom. The highest BCUT2D eigenvalue weighted by Crippen LogP contribution is 2.08. The van der Waals surface area contributed by atoms with Gasteiger partial charge in [0.2, 0.25) is 0 Å². The standard InChI is InChI=1S/C6H13F2NO/c1-6(7,8)5-9-3-2-4-10/h9-10H,2-5H2,1H3. The molecule has 2 N–H and O–H groups in total. The zero-order valence-corrected chi connectivity index (χ0v) is 6.03. The fourth-order valence-electron chi connectivity index (χ4n) is 0.512. The smallest absolute Gasteiger partial charge is 0.257 e. The van der Waals surface area contributed by atoms with Crippen LogP contribution in [0.5, 0.6) is 0 Å². The first-order valence-corrected chi connectivity index (χ1v) is 3.25. The number of rotatable bonds is 5. The summed E-state index contributed by atoms with van der Waals surface area (Å²) in [6.07, 6.45) is 0.524. The lowest BCUT2D eigenvalue weighted by atomic mass is 10.3. The number of hydrogen-bond acceptors (Lipinski definition) is 2. The molecule has 10 heavy (non-hydrogen) atoms. The van der Waals surface area contributed by atoms with Crippen LogP contribution in [0.1, 0.15) is 13.3 Å². The first-order chi connectivity index (χ1) is 4.56. The van der Waals surface area contributed by atoms with E-state index in [9.17, 15) is 8.78 Å². The van der Waals surface area contributed by atoms with Crippen molar-refractivity contribution in [2.24, 2.45) is 0 Å². The number of aliphatic hydroxyl groups is 1. The summed E-state index contributed by atoms with van der Waals surface area (Å²) in [6.45, 7) is 1.04. The monoisotopic (exact) mass is 153 g/mol. The lowest BCUT2D eigenvalue weighted by Crippen LogP contribution is -2.30. The Kier molecular flexibility index (Phi) is 4.47. The maximum Gasteiger partial charge on any atom is 0.257 e. The molecule has 4 heteroatoms. The maximum absolute atomic E-state index is 12.0. The maximum atomic E-state index is 12.0. The molecule has 0 rings (SSSR count). The fraction of sp³-hybridized carbons (Fsp3) is 1.00. The lowest BCUT2D eigenvalue weighted by Gasteiger charge is -2.10. The van der Waals surface area contributed by atoms with Crippen LogP contribution in [0.15, 0.2) is 0 Å². The Morgan fingerprint density at radius 2 is 2.10 bits per heavy atom. The minimum Gasteiger partial charge on any atom is -0.396 e. The summed E-state index contributed by atoms with van der Waals surface area (Å²) in [5.41, 5.74) is 0. The molecule has 0 amide bonds. The van der Waals surface area contributed by atoms with E-state index in [4.69, 9.17) is 5.11 Å². The van der Waals surface area contributed by atoms with Gasteiger partial charge in [0.1, 0.15) is 0 Å². The molecule has 62 valence electrons. The van der Waals surface area contributed by atoms with Gasteiger partial charge in [0.05, 0.1) is 6.54 Å². The van der Waals surface area contributed by atoms with E-state index in [1.807, 2.05) is 0 Å². The second-order valence-corrected chi connectivity index (χ2v) is 2.32. The SMILES string of the molecule is CC(F)(F)CNCCCO. The summed E-state index contributed by atoms with van der Waals surface area (Å²) in [7, 11) is 0. The first-order valence-electron chi connectivity index (χ1n) is 3.25. The Hall–Kier alpha value is -0.220. The van der Waals surface area contributed by atoms with Gasteiger partial charge in [0, 0.05) is 13.5 Å². The van der Waals surface area contributed by atoms with E-state index in [0.717, 1.165) is 6.92 Å². The van der Waals surface area contributed by atoms with Crippen molar-refractivity contribution in [2.45, 2.75) is 19.3 Å². The topological polar surface area (TPSA) is 32.3 Å². The summed E-state index contributed by atoms with van der Waals surface area (Å²) in [5.74, 6) is -2.64. The van der Waals surface area contributed by atoms with Gasteiger partial charge >= 0.3 is 0 Å². The van der Waals surface area contributed by atoms with Gasteiger partial charge in [-0.2, -0.15) is 0 Å². The minimum atomic E-state index is -2.64. The molecular weight excluding hydrogens is 140 g/mol. The first kappa shape index (κ1) is 9.78. The van der Waals surface area contributed by atoms with Crippen LogP contribution in [0.4, 0.5) is 8.78 Å². The number of aliphatic hydroxyl groups excluding tert-OH is 1. The quantitative estimate of drug-likeness (QED) is 0.567. The van der Waals surface area contributed by atoms with Crippen molar-refractivity contribution in [1.29, 1.82) is 0 Å². The van der Waals surface area contributed by atoms with Crippen molar-refractivity contribution < 1.29 is 13.9 Å². The molecule has 0 saturated carbocycles. The van der Waals surface area contributed by atoms with Gasteiger partial charge in [-0.25, -0.2) is 8.78 Å². The van der Waals surface area contributed by atoms with Crippen molar-refractivity contribution in [1.82, 2.24) is 5.32 Å². The molecule has 0 aromatic rings. The molecule has 0 spiro atoms. The molecule has 0 unspecified atom stereocenters. The van der Waals surface area contributed by atoms with Crippen molar-refractivity contribution in [3.8, 4) is 0 Å². The highest BCUT2D eigenvalue weighted by molar-refractivity contribution is 4.61. The zero-order valence-electron chi connectivity index (χ0n) is 6.03. The number of hydrogen-bond donors (Lipinski definition) is 2. The molecule has 0 aliphatic rings. The Morgan fingerprint density at radius 3 is 2.50 bits per heavy atom. The highest BCUT2D eigenvalue weighted by Gasteiger charge is 2.19. The molecule has 0 atom stereocenters. The predicted molar refractivity (Wildman–Crippen MR) is 35.2 cm³/mol. The van der Waals surface area contributed by atoms with Gasteiger partial charge in [-0.05, 0) is 13.0 Å². The van der Waals surface area contributed by atoms with Crippen molar-refractivity contribution >= 4 is 0 Å². The van der Waals surface area contributed by atoms with E-state index >= 15 is 0 Å². The predicted octanol–water partition coefficient (Wildman–Crippen LogP) is 0.614. The van der Waals surface area contributed by atoms with E-state index in [2.05, 4.69) is 5.32 Å². The zero-order chi connectivity index (χ0) is 8.04. The normalized spacial score (nSPS) is 12.0. The third kappa shape index (κ3) is 7.78. The minimum absolute atomic E-state index is 0.0439. The molecule has 0 aliphatic carbocycles. The summed E-state index contributed by atoms with van der Waals surface area (Å²) in [5, 5.41) is 10.8. The lowest BCUT2D eigenvalue weighted by molar-refractivity contribution is 0.0226. The van der Waals surface area contributed by atoms with E-state index in [1.54, 1.807) is 0 Å². The van der Waals surface area contributed by atoms with Gasteiger partial charge in [0.25, 0.3) is 5.92 Å². The second kappa shape index (κ2) is 4.57. The summed E-state index contributed by atoms with van der Waals surface area (Å²) < 4.78 is 24.0. The van der Waals surface area contributed by atoms with Gasteiger partial charge in [-0.3, -0.25) is 0 Å². The Balaban J connectivity index is 3.04. The molecule has 0 aromatic heterocycles. The average molecular weight is 153 g/mol. The number of nitrogens with one attached hydrogen (secondary N) is 1. The van der Waals surface area contributed by atoms with Crippen molar-refractivity contribution in [2.75, 3.05) is 19.7 Å². The van der Waals surface area contributed by atoms with Gasteiger partial charge in [-0.15, -0.1) is 0 Å². The van der Waals surface area contributed by atoms with Crippen molar-refractivity contribution in [3.63, 3.8) is 0 Å². The van der Waals surface area contributed by atoms with E-state index in [1.165, 1.54) is 0 Å². The molecule has 0 aromatic carbocycles. The van der Waals surface area contributed by atoms with Gasteiger partial charge in [-0.1, -0.05) is 0 Å². The average Bonchev–Trinajstić information content (AvgIpc) is 1.78. The largest absolute Gasteiger partial charge is 0.396 e. The molecule has 2 nitrogen and oxygen atoms in total. The van der Waals surface area contributed by atoms with Crippen LogP contribution in [0.2, 0.25) is 0 Å². The third-order valence-electron chi connectivity index (χ3n) is 0.947. The van der Waals surface area contributed by atoms with Crippen LogP contribution in [0, 0.1) is 0 Å². The van der Waals surface area contributed by atoms with E-state index in [-0.39, 0.29) is 13.2 Å². The Labute approximate surface area is 59.2 Å². The van der Waals surface area contributed by atoms with Crippen molar-refractivity contribution in [3.05, 3.63) is 0 Å². The molecule has 0 heterocycles. The van der Waals surface area contributed by atoms with Gasteiger partial charge in [0.15, 0.2) is 0 Å². The van der Waals surface area contributed by atoms with Gasteiger partial charge < -0.3 is 10.4 Å². The highest BCUT2D eigenvalue weighted by atomic mass is 19.3. The number of halogens is 2. The molecule has 0 fully saturated rings. The van der Waals surface area contributed by atoms with Crippen LogP contribution in [0.3, 0.4) is 0 Å². The van der Waals surface area contributed by atoms with Crippen LogP contribution < -0.4 is 5.32 Å². The van der Waals surface area contributed by atoms with Crippen LogP contribution in [-0.2, 0) is 0 Å². The molecular formula is C6H13F2NO. The Bertz CT molecular complexity index is 82.3. The van der Waals surface area contributed by atoms with Crippen LogP contribution >= 0.6 is 0 Å². The molecule has 0 bridgehead atoms. The van der Waals surface area contributed by atoms with E-state index in [0.29, 0.717) is 13.0 Å². The second-order valence-electron chi connectivity index (χ2n) is 2.32. The molecule has 0 aliphatic heterocycles. The molecule has 0 saturated heterocycles. The van der Waals surface area contributed by atoms with Crippen LogP contribution in [-0.4, -0.2) is 30.7 Å². The summed E-state index contributed by atoms with van der Waals surface area (Å²) in [6, 6.07) is 0.